The molecule has 2 N–H and O–H groups in total. The normalized spacial score (nSPS) is 14.2. The lowest BCUT2D eigenvalue weighted by Gasteiger charge is -2.26. The zero-order chi connectivity index (χ0) is 21.5. The van der Waals surface area contributed by atoms with Gasteiger partial charge < -0.3 is 15.5 Å². The third-order valence-corrected chi connectivity index (χ3v) is 5.57. The van der Waals surface area contributed by atoms with Crippen molar-refractivity contribution in [2.24, 2.45) is 0 Å². The number of hydrogen-bond acceptors (Lipinski definition) is 5. The summed E-state index contributed by atoms with van der Waals surface area (Å²) in [5.41, 5.74) is 4.48. The van der Waals surface area contributed by atoms with Gasteiger partial charge in [-0.3, -0.25) is 4.79 Å². The molecule has 0 spiro atoms. The fourth-order valence-electron chi connectivity index (χ4n) is 3.80. The predicted octanol–water partition coefficient (Wildman–Crippen LogP) is 4.41. The Kier molecular flexibility index (Phi) is 6.89. The minimum atomic E-state index is -0.0501. The number of benzene rings is 2. The Balaban J connectivity index is 1.40. The number of aromatic nitrogens is 2. The summed E-state index contributed by atoms with van der Waals surface area (Å²) in [6, 6.07) is 17.6. The van der Waals surface area contributed by atoms with Gasteiger partial charge in [0, 0.05) is 36.0 Å². The van der Waals surface area contributed by atoms with Crippen LogP contribution < -0.4 is 10.6 Å². The maximum absolute atomic E-state index is 12.6. The van der Waals surface area contributed by atoms with Crippen molar-refractivity contribution in [2.45, 2.75) is 26.2 Å². The number of rotatable bonds is 7. The van der Waals surface area contributed by atoms with E-state index in [0.717, 1.165) is 36.6 Å². The number of nitrogens with zero attached hydrogens (tertiary/aromatic N) is 3. The largest absolute Gasteiger partial charge is 0.351 e. The number of hydrogen-bond donors (Lipinski definition) is 2. The molecule has 1 aliphatic heterocycles. The van der Waals surface area contributed by atoms with Crippen molar-refractivity contribution < 1.29 is 4.79 Å². The van der Waals surface area contributed by atoms with E-state index >= 15 is 0 Å². The number of piperidine rings is 1. The van der Waals surface area contributed by atoms with Crippen molar-refractivity contribution in [1.82, 2.24) is 20.2 Å². The molecule has 0 radical (unpaired) electrons. The molecule has 0 aliphatic carbocycles. The Morgan fingerprint density at radius 3 is 2.61 bits per heavy atom. The van der Waals surface area contributed by atoms with E-state index in [4.69, 9.17) is 0 Å². The molecule has 0 saturated carbocycles. The lowest BCUT2D eigenvalue weighted by Crippen LogP contribution is -2.37. The SMILES string of the molecule is Cc1ccc(Nc2cc(-c3cccc(C(=O)NCCN4CCCCC4)c3)ncn2)cc1. The van der Waals surface area contributed by atoms with Crippen LogP contribution in [0.4, 0.5) is 11.5 Å². The molecular formula is C25H29N5O. The van der Waals surface area contributed by atoms with E-state index in [9.17, 15) is 4.79 Å². The van der Waals surface area contributed by atoms with E-state index in [1.807, 2.05) is 42.5 Å². The van der Waals surface area contributed by atoms with Crippen LogP contribution in [0.5, 0.6) is 0 Å². The van der Waals surface area contributed by atoms with Crippen LogP contribution in [0, 0.1) is 6.92 Å². The maximum atomic E-state index is 12.6. The van der Waals surface area contributed by atoms with Gasteiger partial charge in [-0.15, -0.1) is 0 Å². The van der Waals surface area contributed by atoms with Gasteiger partial charge in [-0.05, 0) is 57.1 Å². The van der Waals surface area contributed by atoms with E-state index in [-0.39, 0.29) is 5.91 Å². The van der Waals surface area contributed by atoms with Crippen molar-refractivity contribution in [3.63, 3.8) is 0 Å². The van der Waals surface area contributed by atoms with Crippen LogP contribution in [0.3, 0.4) is 0 Å². The number of carbonyl (C=O) groups is 1. The second-order valence-corrected chi connectivity index (χ2v) is 8.02. The molecule has 31 heavy (non-hydrogen) atoms. The molecule has 1 fully saturated rings. The second kappa shape index (κ2) is 10.2. The molecule has 6 heteroatoms. The van der Waals surface area contributed by atoms with E-state index in [1.54, 1.807) is 0 Å². The molecule has 1 amide bonds. The van der Waals surface area contributed by atoms with Crippen LogP contribution in [0.1, 0.15) is 35.2 Å². The van der Waals surface area contributed by atoms with Gasteiger partial charge in [0.2, 0.25) is 0 Å². The first kappa shape index (κ1) is 21.0. The van der Waals surface area contributed by atoms with Gasteiger partial charge in [0.15, 0.2) is 0 Å². The minimum absolute atomic E-state index is 0.0501. The number of amides is 1. The lowest BCUT2D eigenvalue weighted by molar-refractivity contribution is 0.0946. The number of likely N-dealkylation sites (tertiary alicyclic amines) is 1. The quantitative estimate of drug-likeness (QED) is 0.598. The summed E-state index contributed by atoms with van der Waals surface area (Å²) in [6.07, 6.45) is 5.38. The van der Waals surface area contributed by atoms with Crippen molar-refractivity contribution in [3.8, 4) is 11.3 Å². The van der Waals surface area contributed by atoms with E-state index < -0.39 is 0 Å². The maximum Gasteiger partial charge on any atom is 0.251 e. The molecule has 1 aromatic heterocycles. The van der Waals surface area contributed by atoms with Crippen LogP contribution in [0.25, 0.3) is 11.3 Å². The molecule has 2 aromatic carbocycles. The van der Waals surface area contributed by atoms with Gasteiger partial charge >= 0.3 is 0 Å². The molecule has 3 aromatic rings. The van der Waals surface area contributed by atoms with Crippen LogP contribution >= 0.6 is 0 Å². The summed E-state index contributed by atoms with van der Waals surface area (Å²) < 4.78 is 0. The van der Waals surface area contributed by atoms with Crippen molar-refractivity contribution in [3.05, 3.63) is 72.1 Å². The molecule has 0 atom stereocenters. The van der Waals surface area contributed by atoms with Crippen LogP contribution in [0.2, 0.25) is 0 Å². The molecule has 160 valence electrons. The first-order valence-corrected chi connectivity index (χ1v) is 10.9. The summed E-state index contributed by atoms with van der Waals surface area (Å²) in [7, 11) is 0. The highest BCUT2D eigenvalue weighted by atomic mass is 16.1. The van der Waals surface area contributed by atoms with Gasteiger partial charge in [0.25, 0.3) is 5.91 Å². The molecule has 2 heterocycles. The Morgan fingerprint density at radius 1 is 1.00 bits per heavy atom. The average Bonchev–Trinajstić information content (AvgIpc) is 2.81. The summed E-state index contributed by atoms with van der Waals surface area (Å²) >= 11 is 0. The van der Waals surface area contributed by atoms with Crippen molar-refractivity contribution in [1.29, 1.82) is 0 Å². The lowest BCUT2D eigenvalue weighted by atomic mass is 10.1. The number of anilines is 2. The van der Waals surface area contributed by atoms with Crippen molar-refractivity contribution in [2.75, 3.05) is 31.5 Å². The number of aryl methyl sites for hydroxylation is 1. The van der Waals surface area contributed by atoms with E-state index in [1.165, 1.54) is 31.2 Å². The van der Waals surface area contributed by atoms with Gasteiger partial charge in [0.05, 0.1) is 5.69 Å². The average molecular weight is 416 g/mol. The smallest absolute Gasteiger partial charge is 0.251 e. The molecule has 1 aliphatic rings. The van der Waals surface area contributed by atoms with Gasteiger partial charge in [-0.2, -0.15) is 0 Å². The topological polar surface area (TPSA) is 70.2 Å². The number of nitrogens with one attached hydrogen (secondary N) is 2. The third kappa shape index (κ3) is 5.89. The fraction of sp³-hybridized carbons (Fsp3) is 0.320. The van der Waals surface area contributed by atoms with E-state index in [0.29, 0.717) is 17.9 Å². The molecule has 0 unspecified atom stereocenters. The molecular weight excluding hydrogens is 386 g/mol. The van der Waals surface area contributed by atoms with Crippen LogP contribution in [0.15, 0.2) is 60.9 Å². The Hall–Kier alpha value is -3.25. The van der Waals surface area contributed by atoms with E-state index in [2.05, 4.69) is 44.6 Å². The summed E-state index contributed by atoms with van der Waals surface area (Å²) in [5.74, 6) is 0.663. The molecule has 6 nitrogen and oxygen atoms in total. The molecule has 0 bridgehead atoms. The van der Waals surface area contributed by atoms with Crippen molar-refractivity contribution >= 4 is 17.4 Å². The van der Waals surface area contributed by atoms with Gasteiger partial charge in [-0.1, -0.05) is 36.2 Å². The van der Waals surface area contributed by atoms with Crippen LogP contribution in [-0.2, 0) is 0 Å². The Bertz CT molecular complexity index is 1010. The highest BCUT2D eigenvalue weighted by Crippen LogP contribution is 2.22. The summed E-state index contributed by atoms with van der Waals surface area (Å²) in [5, 5.41) is 6.35. The monoisotopic (exact) mass is 415 g/mol. The van der Waals surface area contributed by atoms with Gasteiger partial charge in [-0.25, -0.2) is 9.97 Å². The highest BCUT2D eigenvalue weighted by Gasteiger charge is 2.12. The molecule has 4 rings (SSSR count). The zero-order valence-electron chi connectivity index (χ0n) is 18.0. The van der Waals surface area contributed by atoms with Crippen LogP contribution in [-0.4, -0.2) is 47.0 Å². The molecule has 1 saturated heterocycles. The standard InChI is InChI=1S/C25H29N5O/c1-19-8-10-22(11-9-19)29-24-17-23(27-18-28-24)20-6-5-7-21(16-20)25(31)26-12-15-30-13-3-2-4-14-30/h5-11,16-18H,2-4,12-15H2,1H3,(H,26,31)(H,27,28,29). The first-order valence-electron chi connectivity index (χ1n) is 10.9. The minimum Gasteiger partial charge on any atom is -0.351 e. The third-order valence-electron chi connectivity index (χ3n) is 5.57. The Morgan fingerprint density at radius 2 is 1.81 bits per heavy atom. The highest BCUT2D eigenvalue weighted by molar-refractivity contribution is 5.95. The fourth-order valence-corrected chi connectivity index (χ4v) is 3.80. The second-order valence-electron chi connectivity index (χ2n) is 8.02. The first-order chi connectivity index (χ1) is 15.2. The zero-order valence-corrected chi connectivity index (χ0v) is 18.0. The predicted molar refractivity (Wildman–Crippen MR) is 125 cm³/mol. The summed E-state index contributed by atoms with van der Waals surface area (Å²) in [6.45, 7) is 5.91. The number of carbonyl (C=O) groups excluding carboxylic acids is 1. The summed E-state index contributed by atoms with van der Waals surface area (Å²) in [4.78, 5) is 23.8. The van der Waals surface area contributed by atoms with Gasteiger partial charge in [0.1, 0.15) is 12.1 Å². The Labute approximate surface area is 183 Å².